The van der Waals surface area contributed by atoms with E-state index in [9.17, 15) is 14.9 Å². The molecule has 0 amide bonds. The van der Waals surface area contributed by atoms with Crippen LogP contribution in [0.5, 0.6) is 11.5 Å². The van der Waals surface area contributed by atoms with Gasteiger partial charge in [-0.15, -0.1) is 0 Å². The largest absolute Gasteiger partial charge is 0.482 e. The minimum absolute atomic E-state index is 0.0410. The average Bonchev–Trinajstić information content (AvgIpc) is 2.61. The maximum Gasteiger partial charge on any atom is 0.349 e. The Labute approximate surface area is 137 Å². The number of rotatable bonds is 5. The van der Waals surface area contributed by atoms with E-state index < -0.39 is 10.9 Å². The first-order chi connectivity index (χ1) is 11.6. The van der Waals surface area contributed by atoms with E-state index in [1.165, 1.54) is 24.3 Å². The molecule has 24 heavy (non-hydrogen) atoms. The zero-order valence-corrected chi connectivity index (χ0v) is 12.5. The lowest BCUT2D eigenvalue weighted by Crippen LogP contribution is -2.17. The van der Waals surface area contributed by atoms with E-state index in [0.717, 1.165) is 10.8 Å². The summed E-state index contributed by atoms with van der Waals surface area (Å²) in [6.07, 6.45) is 0. The highest BCUT2D eigenvalue weighted by Crippen LogP contribution is 2.25. The summed E-state index contributed by atoms with van der Waals surface area (Å²) in [5, 5.41) is 12.4. The van der Waals surface area contributed by atoms with Gasteiger partial charge >= 0.3 is 5.97 Å². The zero-order chi connectivity index (χ0) is 16.9. The second-order valence-electron chi connectivity index (χ2n) is 4.99. The lowest BCUT2D eigenvalue weighted by atomic mass is 10.1. The number of carbonyl (C=O) groups is 1. The molecule has 0 fully saturated rings. The van der Waals surface area contributed by atoms with Crippen LogP contribution in [-0.4, -0.2) is 17.5 Å². The van der Waals surface area contributed by atoms with Crippen LogP contribution in [0.4, 0.5) is 5.69 Å². The van der Waals surface area contributed by atoms with Gasteiger partial charge in [-0.3, -0.25) is 10.1 Å². The monoisotopic (exact) mass is 323 g/mol. The molecule has 0 N–H and O–H groups in total. The van der Waals surface area contributed by atoms with Gasteiger partial charge in [0, 0.05) is 17.5 Å². The summed E-state index contributed by atoms with van der Waals surface area (Å²) < 4.78 is 10.6. The van der Waals surface area contributed by atoms with Crippen molar-refractivity contribution in [3.05, 3.63) is 76.8 Å². The number of fused-ring (bicyclic) bond motifs is 1. The fourth-order valence-corrected chi connectivity index (χ4v) is 2.24. The summed E-state index contributed by atoms with van der Waals surface area (Å²) in [4.78, 5) is 22.0. The molecule has 0 saturated heterocycles. The van der Waals surface area contributed by atoms with Crippen LogP contribution < -0.4 is 9.47 Å². The standard InChI is InChI=1S/C18H13NO5/c20-18(12-23-15-10-8-14(9-11-15)19(21)22)24-17-7-3-5-13-4-1-2-6-16(13)17/h1-11H,12H2. The lowest BCUT2D eigenvalue weighted by Gasteiger charge is -2.09. The highest BCUT2D eigenvalue weighted by atomic mass is 16.6. The van der Waals surface area contributed by atoms with Crippen molar-refractivity contribution in [1.82, 2.24) is 0 Å². The predicted molar refractivity (Wildman–Crippen MR) is 88.2 cm³/mol. The van der Waals surface area contributed by atoms with E-state index in [-0.39, 0.29) is 12.3 Å². The van der Waals surface area contributed by atoms with Crippen LogP contribution >= 0.6 is 0 Å². The Bertz CT molecular complexity index is 884. The smallest absolute Gasteiger partial charge is 0.349 e. The van der Waals surface area contributed by atoms with Gasteiger partial charge in [0.15, 0.2) is 6.61 Å². The molecule has 0 aliphatic rings. The van der Waals surface area contributed by atoms with Gasteiger partial charge < -0.3 is 9.47 Å². The van der Waals surface area contributed by atoms with Crippen LogP contribution in [0.3, 0.4) is 0 Å². The van der Waals surface area contributed by atoms with Gasteiger partial charge in [-0.25, -0.2) is 4.79 Å². The Balaban J connectivity index is 1.64. The quantitative estimate of drug-likeness (QED) is 0.309. The molecule has 6 nitrogen and oxygen atoms in total. The van der Waals surface area contributed by atoms with Crippen molar-refractivity contribution in [3.8, 4) is 11.5 Å². The van der Waals surface area contributed by atoms with E-state index in [4.69, 9.17) is 9.47 Å². The van der Waals surface area contributed by atoms with Crippen molar-refractivity contribution >= 4 is 22.4 Å². The van der Waals surface area contributed by atoms with Gasteiger partial charge in [-0.1, -0.05) is 36.4 Å². The average molecular weight is 323 g/mol. The minimum Gasteiger partial charge on any atom is -0.482 e. The van der Waals surface area contributed by atoms with Crippen LogP contribution in [-0.2, 0) is 4.79 Å². The van der Waals surface area contributed by atoms with Gasteiger partial charge in [0.25, 0.3) is 5.69 Å². The highest BCUT2D eigenvalue weighted by Gasteiger charge is 2.10. The Morgan fingerprint density at radius 1 is 0.958 bits per heavy atom. The summed E-state index contributed by atoms with van der Waals surface area (Å²) >= 11 is 0. The van der Waals surface area contributed by atoms with E-state index in [1.54, 1.807) is 6.07 Å². The van der Waals surface area contributed by atoms with E-state index in [0.29, 0.717) is 11.5 Å². The second-order valence-corrected chi connectivity index (χ2v) is 4.99. The Morgan fingerprint density at radius 3 is 2.42 bits per heavy atom. The van der Waals surface area contributed by atoms with Gasteiger partial charge in [0.2, 0.25) is 0 Å². The molecule has 0 saturated carbocycles. The van der Waals surface area contributed by atoms with E-state index in [1.807, 2.05) is 36.4 Å². The maximum atomic E-state index is 11.9. The first-order valence-corrected chi connectivity index (χ1v) is 7.19. The molecule has 0 atom stereocenters. The molecular weight excluding hydrogens is 310 g/mol. The number of nitro benzene ring substituents is 1. The molecule has 6 heteroatoms. The summed E-state index contributed by atoms with van der Waals surface area (Å²) in [6, 6.07) is 18.5. The number of nitro groups is 1. The fourth-order valence-electron chi connectivity index (χ4n) is 2.24. The predicted octanol–water partition coefficient (Wildman–Crippen LogP) is 3.73. The summed E-state index contributed by atoms with van der Waals surface area (Å²) in [6.45, 7) is -0.291. The van der Waals surface area contributed by atoms with Crippen molar-refractivity contribution in [2.24, 2.45) is 0 Å². The van der Waals surface area contributed by atoms with Crippen molar-refractivity contribution in [2.45, 2.75) is 0 Å². The summed E-state index contributed by atoms with van der Waals surface area (Å²) in [5.41, 5.74) is -0.0410. The Hall–Kier alpha value is -3.41. The van der Waals surface area contributed by atoms with E-state index >= 15 is 0 Å². The fraction of sp³-hybridized carbons (Fsp3) is 0.0556. The maximum absolute atomic E-state index is 11.9. The van der Waals surface area contributed by atoms with Gasteiger partial charge in [0.05, 0.1) is 4.92 Å². The van der Waals surface area contributed by atoms with Gasteiger partial charge in [-0.05, 0) is 23.6 Å². The van der Waals surface area contributed by atoms with Gasteiger partial charge in [-0.2, -0.15) is 0 Å². The number of non-ortho nitro benzene ring substituents is 1. The Kier molecular flexibility index (Phi) is 4.38. The number of hydrogen-bond donors (Lipinski definition) is 0. The molecule has 0 aromatic heterocycles. The van der Waals surface area contributed by atoms with Crippen molar-refractivity contribution < 1.29 is 19.2 Å². The number of carbonyl (C=O) groups excluding carboxylic acids is 1. The molecule has 0 radical (unpaired) electrons. The van der Waals surface area contributed by atoms with Crippen LogP contribution in [0.1, 0.15) is 0 Å². The Morgan fingerprint density at radius 2 is 1.67 bits per heavy atom. The normalized spacial score (nSPS) is 10.3. The molecular formula is C18H13NO5. The first-order valence-electron chi connectivity index (χ1n) is 7.19. The zero-order valence-electron chi connectivity index (χ0n) is 12.5. The number of hydrogen-bond acceptors (Lipinski definition) is 5. The third-order valence-electron chi connectivity index (χ3n) is 3.38. The lowest BCUT2D eigenvalue weighted by molar-refractivity contribution is -0.384. The van der Waals surface area contributed by atoms with Crippen LogP contribution in [0.2, 0.25) is 0 Å². The molecule has 3 aromatic carbocycles. The third-order valence-corrected chi connectivity index (χ3v) is 3.38. The molecule has 3 aromatic rings. The SMILES string of the molecule is O=C(COc1ccc([N+](=O)[O-])cc1)Oc1cccc2ccccc12. The second kappa shape index (κ2) is 6.78. The molecule has 0 unspecified atom stereocenters. The van der Waals surface area contributed by atoms with Crippen molar-refractivity contribution in [3.63, 3.8) is 0 Å². The molecule has 0 spiro atoms. The van der Waals surface area contributed by atoms with E-state index in [2.05, 4.69) is 0 Å². The molecule has 3 rings (SSSR count). The highest BCUT2D eigenvalue weighted by molar-refractivity contribution is 5.90. The molecule has 0 aliphatic carbocycles. The minimum atomic E-state index is -0.551. The molecule has 0 bridgehead atoms. The third kappa shape index (κ3) is 3.49. The summed E-state index contributed by atoms with van der Waals surface area (Å²) in [5.74, 6) is 0.269. The van der Waals surface area contributed by atoms with Crippen LogP contribution in [0.15, 0.2) is 66.7 Å². The van der Waals surface area contributed by atoms with Crippen LogP contribution in [0.25, 0.3) is 10.8 Å². The number of ether oxygens (including phenoxy) is 2. The van der Waals surface area contributed by atoms with Gasteiger partial charge in [0.1, 0.15) is 11.5 Å². The van der Waals surface area contributed by atoms with Crippen molar-refractivity contribution in [1.29, 1.82) is 0 Å². The number of esters is 1. The molecule has 0 heterocycles. The molecule has 0 aliphatic heterocycles. The number of benzene rings is 3. The summed E-state index contributed by atoms with van der Waals surface area (Å²) in [7, 11) is 0. The van der Waals surface area contributed by atoms with Crippen molar-refractivity contribution in [2.75, 3.05) is 6.61 Å². The number of nitrogens with zero attached hydrogens (tertiary/aromatic N) is 1. The molecule has 120 valence electrons. The van der Waals surface area contributed by atoms with Crippen LogP contribution in [0, 0.1) is 10.1 Å². The first kappa shape index (κ1) is 15.5. The topological polar surface area (TPSA) is 78.7 Å².